The molecule has 0 atom stereocenters. The number of hydrogen-bond acceptors (Lipinski definition) is 3. The van der Waals surface area contributed by atoms with Crippen LogP contribution in [0.3, 0.4) is 0 Å². The number of benzene rings is 1. The second-order valence-corrected chi connectivity index (χ2v) is 5.28. The van der Waals surface area contributed by atoms with E-state index in [1.807, 2.05) is 20.8 Å². The maximum absolute atomic E-state index is 11.6. The topological polar surface area (TPSA) is 83.8 Å². The zero-order valence-electron chi connectivity index (χ0n) is 12.9. The first kappa shape index (κ1) is 17.0. The molecule has 1 aromatic carbocycles. The zero-order valence-corrected chi connectivity index (χ0v) is 12.9. The molecule has 0 heterocycles. The van der Waals surface area contributed by atoms with E-state index >= 15 is 0 Å². The molecule has 0 aliphatic heterocycles. The van der Waals surface area contributed by atoms with Gasteiger partial charge in [-0.05, 0) is 45.2 Å². The molecule has 5 heteroatoms. The predicted molar refractivity (Wildman–Crippen MR) is 79.5 cm³/mol. The van der Waals surface area contributed by atoms with Gasteiger partial charge in [-0.3, -0.25) is 0 Å². The molecule has 0 bridgehead atoms. The van der Waals surface area contributed by atoms with E-state index in [9.17, 15) is 19.8 Å². The van der Waals surface area contributed by atoms with Gasteiger partial charge in [0.25, 0.3) is 0 Å². The van der Waals surface area contributed by atoms with Crippen LogP contribution in [0.25, 0.3) is 0 Å². The highest BCUT2D eigenvalue weighted by molar-refractivity contribution is 5.98. The first-order valence-corrected chi connectivity index (χ1v) is 7.09. The lowest BCUT2D eigenvalue weighted by atomic mass is 9.92. The highest BCUT2D eigenvalue weighted by Crippen LogP contribution is 2.31. The van der Waals surface area contributed by atoms with Crippen molar-refractivity contribution in [1.82, 2.24) is 0 Å². The van der Waals surface area contributed by atoms with E-state index < -0.39 is 11.9 Å². The van der Waals surface area contributed by atoms with Gasteiger partial charge in [-0.25, -0.2) is 9.59 Å². The summed E-state index contributed by atoms with van der Waals surface area (Å²) in [7, 11) is 0. The van der Waals surface area contributed by atoms with Crippen LogP contribution in [-0.2, 0) is 6.42 Å². The Balaban J connectivity index is 3.57. The summed E-state index contributed by atoms with van der Waals surface area (Å²) < 4.78 is 5.65. The highest BCUT2D eigenvalue weighted by Gasteiger charge is 2.24. The van der Waals surface area contributed by atoms with Crippen LogP contribution in [0.15, 0.2) is 6.07 Å². The van der Waals surface area contributed by atoms with E-state index in [1.165, 1.54) is 13.0 Å². The van der Waals surface area contributed by atoms with Crippen LogP contribution in [0.2, 0.25) is 0 Å². The lowest BCUT2D eigenvalue weighted by molar-refractivity contribution is 0.0693. The molecule has 1 aromatic rings. The maximum Gasteiger partial charge on any atom is 0.336 e. The monoisotopic (exact) mass is 294 g/mol. The quantitative estimate of drug-likeness (QED) is 0.803. The van der Waals surface area contributed by atoms with Crippen LogP contribution in [-0.4, -0.2) is 28.3 Å². The molecule has 0 aliphatic rings. The number of hydrogen-bond donors (Lipinski definition) is 2. The molecule has 0 aliphatic carbocycles. The number of aromatic carboxylic acids is 2. The summed E-state index contributed by atoms with van der Waals surface area (Å²) in [5.74, 6) is -1.90. The summed E-state index contributed by atoms with van der Waals surface area (Å²) in [6.07, 6.45) is 2.14. The Morgan fingerprint density at radius 2 is 1.86 bits per heavy atom. The largest absolute Gasteiger partial charge is 0.491 e. The molecule has 0 spiro atoms. The van der Waals surface area contributed by atoms with Crippen molar-refractivity contribution < 1.29 is 24.5 Å². The van der Waals surface area contributed by atoms with Crippen molar-refractivity contribution in [2.24, 2.45) is 0 Å². The molecule has 0 aromatic heterocycles. The Morgan fingerprint density at radius 1 is 1.24 bits per heavy atom. The van der Waals surface area contributed by atoms with Gasteiger partial charge in [0.1, 0.15) is 5.75 Å². The maximum atomic E-state index is 11.6. The van der Waals surface area contributed by atoms with Crippen molar-refractivity contribution in [3.05, 3.63) is 28.3 Å². The number of carboxylic acid groups (broad SMARTS) is 2. The van der Waals surface area contributed by atoms with E-state index in [2.05, 4.69) is 0 Å². The second-order valence-electron chi connectivity index (χ2n) is 5.28. The predicted octanol–water partition coefficient (Wildman–Crippen LogP) is 3.52. The molecule has 0 unspecified atom stereocenters. The molecule has 0 radical (unpaired) electrons. The van der Waals surface area contributed by atoms with Crippen molar-refractivity contribution >= 4 is 11.9 Å². The van der Waals surface area contributed by atoms with Crippen LogP contribution in [0.5, 0.6) is 5.75 Å². The van der Waals surface area contributed by atoms with Crippen LogP contribution in [0, 0.1) is 6.92 Å². The van der Waals surface area contributed by atoms with Gasteiger partial charge < -0.3 is 14.9 Å². The summed E-state index contributed by atoms with van der Waals surface area (Å²) in [6, 6.07) is 1.44. The van der Waals surface area contributed by atoms with Crippen LogP contribution >= 0.6 is 0 Å². The van der Waals surface area contributed by atoms with Crippen molar-refractivity contribution in [1.29, 1.82) is 0 Å². The van der Waals surface area contributed by atoms with E-state index in [-0.39, 0.29) is 22.8 Å². The lowest BCUT2D eigenvalue weighted by Crippen LogP contribution is -2.15. The van der Waals surface area contributed by atoms with Crippen LogP contribution in [0.1, 0.15) is 65.5 Å². The first-order chi connectivity index (χ1) is 9.79. The van der Waals surface area contributed by atoms with Gasteiger partial charge >= 0.3 is 11.9 Å². The van der Waals surface area contributed by atoms with Gasteiger partial charge in [-0.15, -0.1) is 0 Å². The van der Waals surface area contributed by atoms with Crippen molar-refractivity contribution in [2.75, 3.05) is 0 Å². The lowest BCUT2D eigenvalue weighted by Gasteiger charge is -2.19. The fraction of sp³-hybridized carbons (Fsp3) is 0.500. The van der Waals surface area contributed by atoms with E-state index in [0.29, 0.717) is 17.7 Å². The van der Waals surface area contributed by atoms with Crippen molar-refractivity contribution in [3.63, 3.8) is 0 Å². The highest BCUT2D eigenvalue weighted by atomic mass is 16.5. The standard InChI is InChI=1S/C16H22O5/c1-5-6-7-11-13(21-9(2)3)8-12(15(17)18)10(4)14(11)16(19)20/h8-9H,5-7H2,1-4H3,(H,17,18)(H,19,20). The fourth-order valence-electron chi connectivity index (χ4n) is 2.28. The Morgan fingerprint density at radius 3 is 2.29 bits per heavy atom. The Kier molecular flexibility index (Phi) is 5.76. The number of carbonyl (C=O) groups is 2. The Labute approximate surface area is 124 Å². The molecular weight excluding hydrogens is 272 g/mol. The summed E-state index contributed by atoms with van der Waals surface area (Å²) in [5, 5.41) is 18.7. The third-order valence-electron chi connectivity index (χ3n) is 3.24. The van der Waals surface area contributed by atoms with E-state index in [0.717, 1.165) is 12.8 Å². The van der Waals surface area contributed by atoms with Crippen molar-refractivity contribution in [2.45, 2.75) is 53.1 Å². The molecule has 0 amide bonds. The summed E-state index contributed by atoms with van der Waals surface area (Å²) in [5.41, 5.74) is 0.889. The normalized spacial score (nSPS) is 10.7. The average molecular weight is 294 g/mol. The molecule has 0 fully saturated rings. The molecule has 0 saturated heterocycles. The Bertz CT molecular complexity index is 546. The van der Waals surface area contributed by atoms with Gasteiger partial charge in [-0.2, -0.15) is 0 Å². The minimum atomic E-state index is -1.15. The van der Waals surface area contributed by atoms with Gasteiger partial charge in [0.2, 0.25) is 0 Å². The first-order valence-electron chi connectivity index (χ1n) is 7.09. The molecule has 2 N–H and O–H groups in total. The number of ether oxygens (including phenoxy) is 1. The molecule has 1 rings (SSSR count). The molecular formula is C16H22O5. The van der Waals surface area contributed by atoms with Gasteiger partial charge in [-0.1, -0.05) is 13.3 Å². The van der Waals surface area contributed by atoms with Crippen molar-refractivity contribution in [3.8, 4) is 5.75 Å². The number of unbranched alkanes of at least 4 members (excludes halogenated alkanes) is 1. The third kappa shape index (κ3) is 3.97. The number of rotatable bonds is 7. The minimum Gasteiger partial charge on any atom is -0.491 e. The van der Waals surface area contributed by atoms with Crippen LogP contribution < -0.4 is 4.74 Å². The van der Waals surface area contributed by atoms with E-state index in [4.69, 9.17) is 4.74 Å². The molecule has 21 heavy (non-hydrogen) atoms. The summed E-state index contributed by atoms with van der Waals surface area (Å²) in [4.78, 5) is 22.9. The zero-order chi connectivity index (χ0) is 16.2. The molecule has 116 valence electrons. The van der Waals surface area contributed by atoms with E-state index in [1.54, 1.807) is 0 Å². The average Bonchev–Trinajstić information content (AvgIpc) is 2.36. The van der Waals surface area contributed by atoms with Gasteiger partial charge in [0.05, 0.1) is 17.2 Å². The minimum absolute atomic E-state index is 0.0247. The Hall–Kier alpha value is -2.04. The van der Waals surface area contributed by atoms with Gasteiger partial charge in [0.15, 0.2) is 0 Å². The SMILES string of the molecule is CCCCc1c(OC(C)C)cc(C(=O)O)c(C)c1C(=O)O. The molecule has 5 nitrogen and oxygen atoms in total. The molecule has 0 saturated carbocycles. The smallest absolute Gasteiger partial charge is 0.336 e. The second kappa shape index (κ2) is 7.11. The summed E-state index contributed by atoms with van der Waals surface area (Å²) in [6.45, 7) is 7.19. The fourth-order valence-corrected chi connectivity index (χ4v) is 2.28. The third-order valence-corrected chi connectivity index (χ3v) is 3.24. The van der Waals surface area contributed by atoms with Crippen LogP contribution in [0.4, 0.5) is 0 Å². The number of carboxylic acids is 2. The summed E-state index contributed by atoms with van der Waals surface area (Å²) >= 11 is 0. The van der Waals surface area contributed by atoms with Gasteiger partial charge in [0, 0.05) is 5.56 Å².